The second-order valence-corrected chi connectivity index (χ2v) is 6.25. The average molecular weight is 254 g/mol. The van der Waals surface area contributed by atoms with Gasteiger partial charge in [0.1, 0.15) is 12.2 Å². The molecule has 0 N–H and O–H groups in total. The monoisotopic (exact) mass is 254 g/mol. The molecule has 0 radical (unpaired) electrons. The summed E-state index contributed by atoms with van der Waals surface area (Å²) in [5, 5.41) is 0. The lowest BCUT2D eigenvalue weighted by Gasteiger charge is -2.28. The molecule has 104 valence electrons. The quantitative estimate of drug-likeness (QED) is 0.689. The molecule has 3 heteroatoms. The molecule has 0 spiro atoms. The van der Waals surface area contributed by atoms with Gasteiger partial charge in [0.05, 0.1) is 0 Å². The molecule has 0 saturated heterocycles. The maximum atomic E-state index is 11.7. The molecule has 0 aliphatic heterocycles. The largest absolute Gasteiger partial charge is 0.508 e. The van der Waals surface area contributed by atoms with Crippen molar-refractivity contribution < 1.29 is 14.3 Å². The second kappa shape index (κ2) is 6.44. The maximum absolute atomic E-state index is 11.7. The molecule has 0 aromatic heterocycles. The van der Waals surface area contributed by atoms with Gasteiger partial charge in [0, 0.05) is 0 Å². The Morgan fingerprint density at radius 3 is 1.39 bits per heavy atom. The van der Waals surface area contributed by atoms with Crippen LogP contribution in [-0.2, 0) is 9.47 Å². The van der Waals surface area contributed by atoms with Crippen LogP contribution >= 0.6 is 0 Å². The maximum Gasteiger partial charge on any atom is 0.508 e. The van der Waals surface area contributed by atoms with Gasteiger partial charge in [0.2, 0.25) is 0 Å². The molecule has 0 aromatic rings. The lowest BCUT2D eigenvalue weighted by molar-refractivity contribution is -0.0247. The van der Waals surface area contributed by atoms with Gasteiger partial charge < -0.3 is 9.47 Å². The fourth-order valence-corrected chi connectivity index (χ4v) is 2.99. The number of hydrogen-bond donors (Lipinski definition) is 0. The summed E-state index contributed by atoms with van der Waals surface area (Å²) in [5.74, 6) is 1.56. The minimum atomic E-state index is -0.436. The Bertz CT molecular complexity index is 235. The van der Waals surface area contributed by atoms with E-state index in [0.29, 0.717) is 0 Å². The highest BCUT2D eigenvalue weighted by atomic mass is 16.7. The van der Waals surface area contributed by atoms with Crippen LogP contribution in [0.5, 0.6) is 0 Å². The summed E-state index contributed by atoms with van der Waals surface area (Å²) in [6.07, 6.45) is 8.41. The topological polar surface area (TPSA) is 35.5 Å². The zero-order chi connectivity index (χ0) is 13.0. The van der Waals surface area contributed by atoms with Crippen LogP contribution < -0.4 is 0 Å². The third-order valence-electron chi connectivity index (χ3n) is 4.45. The summed E-state index contributed by atoms with van der Waals surface area (Å²) < 4.78 is 10.8. The van der Waals surface area contributed by atoms with Gasteiger partial charge in [-0.15, -0.1) is 0 Å². The number of ether oxygens (including phenoxy) is 2. The van der Waals surface area contributed by atoms with Crippen LogP contribution in [0.1, 0.15) is 65.2 Å². The van der Waals surface area contributed by atoms with E-state index in [1.807, 2.05) is 0 Å². The van der Waals surface area contributed by atoms with Gasteiger partial charge in [0.15, 0.2) is 0 Å². The molecule has 0 atom stereocenters. The number of rotatable bonds is 2. The third kappa shape index (κ3) is 4.18. The van der Waals surface area contributed by atoms with Crippen LogP contribution in [0.15, 0.2) is 0 Å². The van der Waals surface area contributed by atoms with Crippen molar-refractivity contribution in [3.63, 3.8) is 0 Å². The van der Waals surface area contributed by atoms with Gasteiger partial charge in [-0.2, -0.15) is 0 Å². The van der Waals surface area contributed by atoms with Crippen molar-refractivity contribution in [2.75, 3.05) is 0 Å². The Morgan fingerprint density at radius 1 is 0.722 bits per heavy atom. The first-order chi connectivity index (χ1) is 8.63. The van der Waals surface area contributed by atoms with Gasteiger partial charge in [-0.05, 0) is 63.2 Å². The number of carbonyl (C=O) groups excluding carboxylic acids is 1. The first kappa shape index (κ1) is 13.7. The first-order valence-corrected chi connectivity index (χ1v) is 7.50. The molecule has 18 heavy (non-hydrogen) atoms. The van der Waals surface area contributed by atoms with Crippen LogP contribution in [0, 0.1) is 11.8 Å². The van der Waals surface area contributed by atoms with E-state index in [1.165, 1.54) is 25.7 Å². The van der Waals surface area contributed by atoms with Crippen molar-refractivity contribution >= 4 is 6.16 Å². The lowest BCUT2D eigenvalue weighted by Crippen LogP contribution is -2.28. The van der Waals surface area contributed by atoms with E-state index in [0.717, 1.165) is 37.5 Å². The molecule has 2 aliphatic rings. The standard InChI is InChI=1S/C15H26O3/c1-11-3-7-13(8-4-11)17-15(16)18-14-9-5-12(2)6-10-14/h11-14H,3-10H2,1-2H3/t11-,12-,13-,14-. The van der Waals surface area contributed by atoms with Crippen molar-refractivity contribution in [3.8, 4) is 0 Å². The van der Waals surface area contributed by atoms with Crippen molar-refractivity contribution in [3.05, 3.63) is 0 Å². The Morgan fingerprint density at radius 2 is 1.06 bits per heavy atom. The predicted molar refractivity (Wildman–Crippen MR) is 70.4 cm³/mol. The lowest BCUT2D eigenvalue weighted by atomic mass is 9.89. The van der Waals surface area contributed by atoms with E-state index in [1.54, 1.807) is 0 Å². The SMILES string of the molecule is C[C@H]1CC[C@H](OC(=O)O[C@H]2CC[C@H](C)CC2)CC1. The van der Waals surface area contributed by atoms with Gasteiger partial charge >= 0.3 is 6.16 Å². The van der Waals surface area contributed by atoms with Crippen LogP contribution in [0.2, 0.25) is 0 Å². The van der Waals surface area contributed by atoms with Crippen LogP contribution in [0.25, 0.3) is 0 Å². The minimum absolute atomic E-state index is 0.0937. The molecule has 2 rings (SSSR count). The minimum Gasteiger partial charge on any atom is -0.431 e. The molecule has 0 aromatic carbocycles. The summed E-state index contributed by atoms with van der Waals surface area (Å²) in [7, 11) is 0. The Balaban J connectivity index is 1.66. The van der Waals surface area contributed by atoms with Gasteiger partial charge in [-0.25, -0.2) is 4.79 Å². The number of hydrogen-bond acceptors (Lipinski definition) is 3. The molecule has 0 unspecified atom stereocenters. The molecule has 0 heterocycles. The van der Waals surface area contributed by atoms with E-state index < -0.39 is 6.16 Å². The van der Waals surface area contributed by atoms with Crippen molar-refractivity contribution in [2.45, 2.75) is 77.4 Å². The first-order valence-electron chi connectivity index (χ1n) is 7.50. The van der Waals surface area contributed by atoms with E-state index in [9.17, 15) is 4.79 Å². The Hall–Kier alpha value is -0.730. The van der Waals surface area contributed by atoms with E-state index in [4.69, 9.17) is 9.47 Å². The Labute approximate surface area is 110 Å². The highest BCUT2D eigenvalue weighted by Gasteiger charge is 2.25. The third-order valence-corrected chi connectivity index (χ3v) is 4.45. The van der Waals surface area contributed by atoms with Gasteiger partial charge in [0.25, 0.3) is 0 Å². The van der Waals surface area contributed by atoms with E-state index in [-0.39, 0.29) is 12.2 Å². The molecule has 2 saturated carbocycles. The molecule has 2 aliphatic carbocycles. The van der Waals surface area contributed by atoms with Gasteiger partial charge in [-0.1, -0.05) is 13.8 Å². The fraction of sp³-hybridized carbons (Fsp3) is 0.933. The molecular weight excluding hydrogens is 228 g/mol. The Kier molecular flexibility index (Phi) is 4.90. The summed E-state index contributed by atoms with van der Waals surface area (Å²) in [4.78, 5) is 11.7. The highest BCUT2D eigenvalue weighted by Crippen LogP contribution is 2.28. The zero-order valence-corrected chi connectivity index (χ0v) is 11.7. The van der Waals surface area contributed by atoms with Crippen LogP contribution in [-0.4, -0.2) is 18.4 Å². The molecule has 0 bridgehead atoms. The van der Waals surface area contributed by atoms with Crippen molar-refractivity contribution in [1.29, 1.82) is 0 Å². The summed E-state index contributed by atoms with van der Waals surface area (Å²) in [6.45, 7) is 4.52. The normalized spacial score (nSPS) is 37.0. The molecule has 0 amide bonds. The average Bonchev–Trinajstić information content (AvgIpc) is 2.35. The smallest absolute Gasteiger partial charge is 0.431 e. The fourth-order valence-electron chi connectivity index (χ4n) is 2.99. The summed E-state index contributed by atoms with van der Waals surface area (Å²) >= 11 is 0. The summed E-state index contributed by atoms with van der Waals surface area (Å²) in [5.41, 5.74) is 0. The predicted octanol–water partition coefficient (Wildman–Crippen LogP) is 4.30. The van der Waals surface area contributed by atoms with Crippen molar-refractivity contribution in [1.82, 2.24) is 0 Å². The van der Waals surface area contributed by atoms with Crippen LogP contribution in [0.4, 0.5) is 4.79 Å². The molecule has 3 nitrogen and oxygen atoms in total. The van der Waals surface area contributed by atoms with E-state index >= 15 is 0 Å². The highest BCUT2D eigenvalue weighted by molar-refractivity contribution is 5.60. The summed E-state index contributed by atoms with van der Waals surface area (Å²) in [6, 6.07) is 0. The number of carbonyl (C=O) groups is 1. The second-order valence-electron chi connectivity index (χ2n) is 6.25. The van der Waals surface area contributed by atoms with E-state index in [2.05, 4.69) is 13.8 Å². The molecule has 2 fully saturated rings. The van der Waals surface area contributed by atoms with Gasteiger partial charge in [-0.3, -0.25) is 0 Å². The molecular formula is C15H26O3. The van der Waals surface area contributed by atoms with Crippen LogP contribution in [0.3, 0.4) is 0 Å². The zero-order valence-electron chi connectivity index (χ0n) is 11.7. The van der Waals surface area contributed by atoms with Crippen molar-refractivity contribution in [2.24, 2.45) is 11.8 Å².